The zero-order chi connectivity index (χ0) is 76.4. The van der Waals surface area contributed by atoms with E-state index in [-0.39, 0.29) is 25.7 Å². The van der Waals surface area contributed by atoms with Crippen LogP contribution in [0.3, 0.4) is 0 Å². The second kappa shape index (κ2) is 76.4. The molecule has 0 saturated carbocycles. The maximum atomic E-state index is 13.1. The minimum absolute atomic E-state index is 0.108. The van der Waals surface area contributed by atoms with Gasteiger partial charge in [-0.05, 0) is 37.5 Å². The standard InChI is InChI=1S/C85H166O17P2/c1-7-10-12-14-16-18-20-22-23-26-30-34-37-43-49-55-61-67-82(87)95-73-80(101-85(90)70-64-58-52-45-39-35-31-28-25-24-27-29-33-36-42-48-54-60-66-78(6)9-3)75-99-103(91,92)97-71-79(86)72-98-104(93,94)100-76-81(74-96-83(88)68-62-56-50-46-40-41-47-53-59-65-77(4)5)102-84(89)69-63-57-51-44-38-32-21-19-17-15-13-11-8-2/h77-81,86H,7-76H2,1-6H3,(H,91,92)(H,93,94)/t78?,79-,80-,81-/m1/s1. The number of aliphatic hydroxyl groups is 1. The van der Waals surface area contributed by atoms with Gasteiger partial charge in [0.25, 0.3) is 0 Å². The number of hydrogen-bond donors (Lipinski definition) is 3. The first kappa shape index (κ1) is 102. The number of ether oxygens (including phenoxy) is 4. The number of phosphoric ester groups is 2. The first-order valence-electron chi connectivity index (χ1n) is 44.0. The number of carbonyl (C=O) groups is 4. The van der Waals surface area contributed by atoms with Crippen LogP contribution in [0.4, 0.5) is 0 Å². The van der Waals surface area contributed by atoms with E-state index in [1.807, 2.05) is 0 Å². The summed E-state index contributed by atoms with van der Waals surface area (Å²) in [6, 6.07) is 0. The molecule has 104 heavy (non-hydrogen) atoms. The minimum atomic E-state index is -4.97. The van der Waals surface area contributed by atoms with Crippen molar-refractivity contribution in [2.75, 3.05) is 39.6 Å². The smallest absolute Gasteiger partial charge is 0.462 e. The summed E-state index contributed by atoms with van der Waals surface area (Å²) in [6.45, 7) is 9.71. The van der Waals surface area contributed by atoms with Gasteiger partial charge in [0.1, 0.15) is 19.3 Å². The fourth-order valence-corrected chi connectivity index (χ4v) is 14.8. The van der Waals surface area contributed by atoms with Gasteiger partial charge in [-0.3, -0.25) is 37.3 Å². The highest BCUT2D eigenvalue weighted by atomic mass is 31.2. The number of carbonyl (C=O) groups excluding carboxylic acids is 4. The van der Waals surface area contributed by atoms with E-state index in [1.54, 1.807) is 0 Å². The zero-order valence-electron chi connectivity index (χ0n) is 68.3. The van der Waals surface area contributed by atoms with Gasteiger partial charge in [-0.25, -0.2) is 9.13 Å². The lowest BCUT2D eigenvalue weighted by Gasteiger charge is -2.21. The molecular formula is C85H166O17P2. The molecule has 0 rings (SSSR count). The van der Waals surface area contributed by atoms with Gasteiger partial charge in [0.15, 0.2) is 12.2 Å². The summed E-state index contributed by atoms with van der Waals surface area (Å²) in [5, 5.41) is 10.7. The highest BCUT2D eigenvalue weighted by molar-refractivity contribution is 7.47. The largest absolute Gasteiger partial charge is 0.472 e. The van der Waals surface area contributed by atoms with E-state index in [0.29, 0.717) is 25.7 Å². The van der Waals surface area contributed by atoms with Gasteiger partial charge in [-0.2, -0.15) is 0 Å². The quantitative estimate of drug-likeness (QED) is 0.0222. The van der Waals surface area contributed by atoms with Crippen LogP contribution < -0.4 is 0 Å². The van der Waals surface area contributed by atoms with Crippen LogP contribution in [0.5, 0.6) is 0 Å². The summed E-state index contributed by atoms with van der Waals surface area (Å²) >= 11 is 0. The number of phosphoric acid groups is 2. The summed E-state index contributed by atoms with van der Waals surface area (Å²) in [4.78, 5) is 73.2. The van der Waals surface area contributed by atoms with Crippen LogP contribution in [0.1, 0.15) is 452 Å². The van der Waals surface area contributed by atoms with Crippen molar-refractivity contribution in [1.29, 1.82) is 0 Å². The Morgan fingerprint density at radius 3 is 0.731 bits per heavy atom. The molecular weight excluding hydrogens is 1350 g/mol. The highest BCUT2D eigenvalue weighted by Gasteiger charge is 2.30. The third-order valence-electron chi connectivity index (χ3n) is 20.3. The fourth-order valence-electron chi connectivity index (χ4n) is 13.2. The fraction of sp³-hybridized carbons (Fsp3) is 0.953. The molecule has 618 valence electrons. The van der Waals surface area contributed by atoms with Gasteiger partial charge in [-0.1, -0.05) is 401 Å². The van der Waals surface area contributed by atoms with Gasteiger partial charge in [0.05, 0.1) is 26.4 Å². The van der Waals surface area contributed by atoms with E-state index in [1.165, 1.54) is 270 Å². The van der Waals surface area contributed by atoms with Crippen LogP contribution in [0.15, 0.2) is 0 Å². The van der Waals surface area contributed by atoms with E-state index in [4.69, 9.17) is 37.0 Å². The van der Waals surface area contributed by atoms with Gasteiger partial charge in [0, 0.05) is 25.7 Å². The van der Waals surface area contributed by atoms with Crippen molar-refractivity contribution in [1.82, 2.24) is 0 Å². The SMILES string of the molecule is CCCCCCCCCCCCCCCCCCCC(=O)OC[C@H](COP(=O)(O)OC[C@@H](O)COP(=O)(O)OC[C@@H](COC(=O)CCCCCCCCCCCC(C)C)OC(=O)CCCCCCCCCCCCCCC)OC(=O)CCCCCCCCCCCCCCCCCCCCC(C)CC. The van der Waals surface area contributed by atoms with Crippen LogP contribution in [-0.4, -0.2) is 96.7 Å². The van der Waals surface area contributed by atoms with E-state index >= 15 is 0 Å². The van der Waals surface area contributed by atoms with Crippen LogP contribution in [0.25, 0.3) is 0 Å². The molecule has 19 heteroatoms. The molecule has 0 bridgehead atoms. The van der Waals surface area contributed by atoms with Crippen LogP contribution in [0.2, 0.25) is 0 Å². The van der Waals surface area contributed by atoms with E-state index in [2.05, 4.69) is 41.5 Å². The lowest BCUT2D eigenvalue weighted by Crippen LogP contribution is -2.30. The molecule has 0 fully saturated rings. The maximum Gasteiger partial charge on any atom is 0.472 e. The van der Waals surface area contributed by atoms with E-state index in [9.17, 15) is 43.2 Å². The van der Waals surface area contributed by atoms with Crippen molar-refractivity contribution in [2.24, 2.45) is 11.8 Å². The van der Waals surface area contributed by atoms with Crippen molar-refractivity contribution in [3.8, 4) is 0 Å². The Morgan fingerprint density at radius 1 is 0.279 bits per heavy atom. The Hall–Kier alpha value is -1.94. The minimum Gasteiger partial charge on any atom is -0.462 e. The Labute approximate surface area is 638 Å². The molecule has 0 amide bonds. The van der Waals surface area contributed by atoms with E-state index < -0.39 is 97.5 Å². The van der Waals surface area contributed by atoms with Crippen molar-refractivity contribution in [3.63, 3.8) is 0 Å². The molecule has 17 nitrogen and oxygen atoms in total. The summed E-state index contributed by atoms with van der Waals surface area (Å²) in [7, 11) is -9.93. The lowest BCUT2D eigenvalue weighted by molar-refractivity contribution is -0.161. The lowest BCUT2D eigenvalue weighted by atomic mass is 9.99. The monoisotopic (exact) mass is 1520 g/mol. The highest BCUT2D eigenvalue weighted by Crippen LogP contribution is 2.45. The number of rotatable bonds is 84. The number of unbranched alkanes of at least 4 members (excludes halogenated alkanes) is 53. The molecule has 3 N–H and O–H groups in total. The zero-order valence-corrected chi connectivity index (χ0v) is 70.1. The predicted octanol–water partition coefficient (Wildman–Crippen LogP) is 25.8. The van der Waals surface area contributed by atoms with Gasteiger partial charge in [0.2, 0.25) is 0 Å². The second-order valence-electron chi connectivity index (χ2n) is 31.3. The Kier molecular flexibility index (Phi) is 75.0. The molecule has 0 aromatic carbocycles. The topological polar surface area (TPSA) is 237 Å². The number of esters is 4. The molecule has 6 atom stereocenters. The van der Waals surface area contributed by atoms with Gasteiger partial charge in [-0.15, -0.1) is 0 Å². The number of hydrogen-bond acceptors (Lipinski definition) is 15. The van der Waals surface area contributed by atoms with Crippen molar-refractivity contribution in [2.45, 2.75) is 471 Å². The molecule has 3 unspecified atom stereocenters. The van der Waals surface area contributed by atoms with Gasteiger partial charge >= 0.3 is 39.5 Å². The Bertz CT molecular complexity index is 2000. The van der Waals surface area contributed by atoms with E-state index in [0.717, 1.165) is 102 Å². The molecule has 0 radical (unpaired) electrons. The summed E-state index contributed by atoms with van der Waals surface area (Å²) in [6.07, 6.45) is 67.9. The first-order chi connectivity index (χ1) is 50.4. The molecule has 0 spiro atoms. The molecule has 0 aromatic heterocycles. The summed E-state index contributed by atoms with van der Waals surface area (Å²) in [5.74, 6) is -0.487. The average Bonchev–Trinajstić information content (AvgIpc) is 0.903. The first-order valence-corrected chi connectivity index (χ1v) is 47.0. The van der Waals surface area contributed by atoms with Crippen LogP contribution in [0, 0.1) is 11.8 Å². The van der Waals surface area contributed by atoms with Gasteiger partial charge < -0.3 is 33.8 Å². The molecule has 0 aliphatic carbocycles. The number of aliphatic hydroxyl groups excluding tert-OH is 1. The molecule has 0 aliphatic heterocycles. The molecule has 0 saturated heterocycles. The third-order valence-corrected chi connectivity index (χ3v) is 22.2. The van der Waals surface area contributed by atoms with Crippen LogP contribution in [-0.2, 0) is 65.4 Å². The summed E-state index contributed by atoms with van der Waals surface area (Å²) in [5.41, 5.74) is 0. The normalized spacial score (nSPS) is 14.1. The third kappa shape index (κ3) is 76.8. The second-order valence-corrected chi connectivity index (χ2v) is 34.2. The molecule has 0 aromatic rings. The maximum absolute atomic E-state index is 13.1. The summed E-state index contributed by atoms with van der Waals surface area (Å²) < 4.78 is 68.9. The Balaban J connectivity index is 5.23. The van der Waals surface area contributed by atoms with Crippen molar-refractivity contribution in [3.05, 3.63) is 0 Å². The predicted molar refractivity (Wildman–Crippen MR) is 428 cm³/mol. The van der Waals surface area contributed by atoms with Crippen molar-refractivity contribution >= 4 is 39.5 Å². The Morgan fingerprint density at radius 2 is 0.490 bits per heavy atom. The van der Waals surface area contributed by atoms with Crippen LogP contribution >= 0.6 is 15.6 Å². The molecule has 0 aliphatic rings. The average molecular weight is 1520 g/mol. The molecule has 0 heterocycles. The van der Waals surface area contributed by atoms with Crippen molar-refractivity contribution < 1.29 is 80.2 Å².